The van der Waals surface area contributed by atoms with Crippen molar-refractivity contribution in [3.05, 3.63) is 40.6 Å². The van der Waals surface area contributed by atoms with Crippen molar-refractivity contribution in [2.24, 2.45) is 0 Å². The summed E-state index contributed by atoms with van der Waals surface area (Å²) in [5, 5.41) is 12.7. The summed E-state index contributed by atoms with van der Waals surface area (Å²) in [4.78, 5) is 29.8. The molecule has 0 saturated carbocycles. The van der Waals surface area contributed by atoms with Crippen molar-refractivity contribution in [1.29, 1.82) is 0 Å². The maximum absolute atomic E-state index is 11.7. The van der Waals surface area contributed by atoms with Gasteiger partial charge in [-0.25, -0.2) is 15.0 Å². The van der Waals surface area contributed by atoms with Crippen molar-refractivity contribution in [2.75, 3.05) is 24.9 Å². The van der Waals surface area contributed by atoms with Crippen LogP contribution in [0.4, 0.5) is 17.3 Å². The zero-order chi connectivity index (χ0) is 16.1. The number of hydrazine groups is 2. The first-order valence-corrected chi connectivity index (χ1v) is 6.02. The predicted molar refractivity (Wildman–Crippen MR) is 75.8 cm³/mol. The van der Waals surface area contributed by atoms with Gasteiger partial charge in [0.2, 0.25) is 11.6 Å². The Bertz CT molecular complexity index is 671. The number of furan rings is 1. The highest BCUT2D eigenvalue weighted by Gasteiger charge is 2.24. The first kappa shape index (κ1) is 15.2. The average Bonchev–Trinajstić information content (AvgIpc) is 2.98. The van der Waals surface area contributed by atoms with Crippen LogP contribution in [0.3, 0.4) is 0 Å². The van der Waals surface area contributed by atoms with Crippen LogP contribution in [-0.4, -0.2) is 39.9 Å². The molecule has 0 bridgehead atoms. The SMILES string of the molecule is CN(C)Nc1ncnc(NNC(=O)c2ccco2)c1[N+](=O)[O-]. The van der Waals surface area contributed by atoms with Gasteiger partial charge in [0.25, 0.3) is 0 Å². The largest absolute Gasteiger partial charge is 0.459 e. The van der Waals surface area contributed by atoms with Crippen LogP contribution in [0.25, 0.3) is 0 Å². The Hall–Kier alpha value is -3.21. The predicted octanol–water partition coefficient (Wildman–Crippen LogP) is 0.623. The molecule has 0 radical (unpaired) electrons. The molecular weight excluding hydrogens is 294 g/mol. The average molecular weight is 307 g/mol. The number of hydrogen-bond acceptors (Lipinski definition) is 9. The fourth-order valence-electron chi connectivity index (χ4n) is 1.52. The van der Waals surface area contributed by atoms with E-state index in [1.165, 1.54) is 17.3 Å². The second-order valence-corrected chi connectivity index (χ2v) is 4.24. The third-order valence-corrected chi connectivity index (χ3v) is 2.37. The summed E-state index contributed by atoms with van der Waals surface area (Å²) in [7, 11) is 3.30. The number of amides is 1. The lowest BCUT2D eigenvalue weighted by Gasteiger charge is -2.14. The zero-order valence-electron chi connectivity index (χ0n) is 11.7. The Morgan fingerprint density at radius 2 is 2.09 bits per heavy atom. The molecule has 2 aromatic rings. The van der Waals surface area contributed by atoms with Crippen LogP contribution in [0, 0.1) is 10.1 Å². The molecule has 0 saturated heterocycles. The number of rotatable bonds is 6. The van der Waals surface area contributed by atoms with Crippen molar-refractivity contribution in [1.82, 2.24) is 20.4 Å². The third-order valence-electron chi connectivity index (χ3n) is 2.37. The number of anilines is 2. The smallest absolute Gasteiger partial charge is 0.356 e. The van der Waals surface area contributed by atoms with Gasteiger partial charge in [-0.05, 0) is 12.1 Å². The fourth-order valence-corrected chi connectivity index (χ4v) is 1.52. The lowest BCUT2D eigenvalue weighted by molar-refractivity contribution is -0.383. The second kappa shape index (κ2) is 6.49. The molecule has 3 N–H and O–H groups in total. The van der Waals surface area contributed by atoms with Gasteiger partial charge in [0, 0.05) is 14.1 Å². The van der Waals surface area contributed by atoms with Crippen molar-refractivity contribution >= 4 is 23.2 Å². The fraction of sp³-hybridized carbons (Fsp3) is 0.182. The molecule has 11 heteroatoms. The number of nitrogens with zero attached hydrogens (tertiary/aromatic N) is 4. The molecule has 2 rings (SSSR count). The van der Waals surface area contributed by atoms with Gasteiger partial charge in [-0.3, -0.25) is 31.2 Å². The van der Waals surface area contributed by atoms with E-state index in [0.29, 0.717) is 0 Å². The minimum atomic E-state index is -0.660. The molecule has 0 fully saturated rings. The summed E-state index contributed by atoms with van der Waals surface area (Å²) < 4.78 is 4.90. The molecular formula is C11H13N7O4. The van der Waals surface area contributed by atoms with Gasteiger partial charge in [0.05, 0.1) is 11.2 Å². The van der Waals surface area contributed by atoms with Gasteiger partial charge < -0.3 is 4.42 Å². The van der Waals surface area contributed by atoms with Crippen LogP contribution in [-0.2, 0) is 0 Å². The van der Waals surface area contributed by atoms with Crippen molar-refractivity contribution in [3.8, 4) is 0 Å². The van der Waals surface area contributed by atoms with E-state index in [-0.39, 0.29) is 17.4 Å². The van der Waals surface area contributed by atoms with Gasteiger partial charge >= 0.3 is 11.6 Å². The van der Waals surface area contributed by atoms with E-state index < -0.39 is 16.5 Å². The molecule has 2 aromatic heterocycles. The molecule has 0 unspecified atom stereocenters. The Labute approximate surface area is 124 Å². The molecule has 0 aliphatic carbocycles. The topological polar surface area (TPSA) is 138 Å². The highest BCUT2D eigenvalue weighted by atomic mass is 16.6. The number of carbonyl (C=O) groups is 1. The van der Waals surface area contributed by atoms with E-state index >= 15 is 0 Å². The maximum atomic E-state index is 11.7. The molecule has 0 spiro atoms. The first-order valence-electron chi connectivity index (χ1n) is 6.02. The summed E-state index contributed by atoms with van der Waals surface area (Å²) in [5.74, 6) is -0.722. The quantitative estimate of drug-likeness (QED) is 0.517. The summed E-state index contributed by atoms with van der Waals surface area (Å²) in [6, 6.07) is 2.99. The van der Waals surface area contributed by atoms with E-state index in [4.69, 9.17) is 4.42 Å². The molecule has 2 heterocycles. The normalized spacial score (nSPS) is 10.3. The summed E-state index contributed by atoms with van der Waals surface area (Å²) in [6.45, 7) is 0. The van der Waals surface area contributed by atoms with E-state index in [2.05, 4.69) is 26.2 Å². The first-order chi connectivity index (χ1) is 10.5. The van der Waals surface area contributed by atoms with Crippen LogP contribution in [0.2, 0.25) is 0 Å². The minimum absolute atomic E-state index is 0.0141. The standard InChI is InChI=1S/C11H13N7O4/c1-17(2)16-10-8(18(20)21)9(12-6-13-10)14-15-11(19)7-4-3-5-22-7/h3-6H,1-2H3,(H,15,19)(H2,12,13,14,16). The number of nitro groups is 1. The Kier molecular flexibility index (Phi) is 4.48. The van der Waals surface area contributed by atoms with E-state index in [9.17, 15) is 14.9 Å². The van der Waals surface area contributed by atoms with Crippen molar-refractivity contribution < 1.29 is 14.1 Å². The lowest BCUT2D eigenvalue weighted by atomic mass is 10.4. The van der Waals surface area contributed by atoms with E-state index in [1.54, 1.807) is 20.2 Å². The number of aromatic nitrogens is 2. The van der Waals surface area contributed by atoms with Gasteiger partial charge in [0.15, 0.2) is 5.76 Å². The van der Waals surface area contributed by atoms with Crippen LogP contribution >= 0.6 is 0 Å². The monoisotopic (exact) mass is 307 g/mol. The van der Waals surface area contributed by atoms with Crippen LogP contribution in [0.5, 0.6) is 0 Å². The Morgan fingerprint density at radius 1 is 1.36 bits per heavy atom. The van der Waals surface area contributed by atoms with Crippen LogP contribution < -0.4 is 16.3 Å². The Morgan fingerprint density at radius 3 is 2.68 bits per heavy atom. The molecule has 116 valence electrons. The molecule has 0 aromatic carbocycles. The number of hydrogen-bond donors (Lipinski definition) is 3. The van der Waals surface area contributed by atoms with E-state index in [1.807, 2.05) is 0 Å². The Balaban J connectivity index is 2.19. The number of carbonyl (C=O) groups excluding carboxylic acids is 1. The molecule has 11 nitrogen and oxygen atoms in total. The third kappa shape index (κ3) is 3.46. The molecule has 0 aliphatic heterocycles. The van der Waals surface area contributed by atoms with Gasteiger partial charge in [-0.15, -0.1) is 0 Å². The van der Waals surface area contributed by atoms with Crippen molar-refractivity contribution in [2.45, 2.75) is 0 Å². The second-order valence-electron chi connectivity index (χ2n) is 4.24. The summed E-state index contributed by atoms with van der Waals surface area (Å²) >= 11 is 0. The highest BCUT2D eigenvalue weighted by Crippen LogP contribution is 2.28. The molecule has 0 aliphatic rings. The van der Waals surface area contributed by atoms with E-state index in [0.717, 1.165) is 6.33 Å². The van der Waals surface area contributed by atoms with Gasteiger partial charge in [-0.1, -0.05) is 0 Å². The van der Waals surface area contributed by atoms with Gasteiger partial charge in [0.1, 0.15) is 6.33 Å². The number of nitrogens with one attached hydrogen (secondary N) is 3. The minimum Gasteiger partial charge on any atom is -0.459 e. The zero-order valence-corrected chi connectivity index (χ0v) is 11.7. The van der Waals surface area contributed by atoms with Crippen LogP contribution in [0.15, 0.2) is 29.1 Å². The molecule has 0 atom stereocenters. The summed E-state index contributed by atoms with van der Waals surface area (Å²) in [6.07, 6.45) is 2.46. The lowest BCUT2D eigenvalue weighted by Crippen LogP contribution is -2.30. The van der Waals surface area contributed by atoms with Gasteiger partial charge in [-0.2, -0.15) is 0 Å². The highest BCUT2D eigenvalue weighted by molar-refractivity contribution is 5.92. The summed E-state index contributed by atoms with van der Waals surface area (Å²) in [5.41, 5.74) is 6.92. The van der Waals surface area contributed by atoms with Crippen LogP contribution in [0.1, 0.15) is 10.6 Å². The molecule has 1 amide bonds. The molecule has 22 heavy (non-hydrogen) atoms. The maximum Gasteiger partial charge on any atom is 0.356 e. The van der Waals surface area contributed by atoms with Crippen molar-refractivity contribution in [3.63, 3.8) is 0 Å².